The van der Waals surface area contributed by atoms with Gasteiger partial charge in [-0.05, 0) is 231 Å². The van der Waals surface area contributed by atoms with Crippen LogP contribution in [0.2, 0.25) is 179 Å². The molecule has 0 saturated carbocycles. The SMILES string of the molecule is C=CC(=O)CC[Si](C)(C)O[Si](C)(C)CCC(=O)CCSCC(C)O.C=CC(=O)CC[Si](C)(C)O[Si](C)(C)CCC(=O)CCSCC(C)OC(=O)CCC(=O)O.C=CC(=O)CC[Si](C)(C)O[Si](C)(C)O[Si](C)(C)CCC(=O)CCSCC(C)O.C=CC(=O)CC[Si](C)(C)O[Si](C)(C)O[Si](C)(C)CCC(=O)CCSCC(C)OC(=O)CCC(=O)O.O=C1CCC(=O)O1. The molecule has 1 saturated heterocycles. The van der Waals surface area contributed by atoms with Crippen molar-refractivity contribution in [2.24, 2.45) is 0 Å². The Bertz CT molecular complexity index is 3370. The maximum Gasteiger partial charge on any atom is 0.314 e. The van der Waals surface area contributed by atoms with E-state index in [1.807, 2.05) is 13.1 Å². The molecule has 1 rings (SSSR count). The summed E-state index contributed by atoms with van der Waals surface area (Å²) in [4.78, 5) is 159. The minimum Gasteiger partial charge on any atom is -0.481 e. The van der Waals surface area contributed by atoms with E-state index in [0.29, 0.717) is 112 Å². The molecular formula is C84H160O27S4Si10. The average Bonchev–Trinajstić information content (AvgIpc) is 1.31. The third kappa shape index (κ3) is 82.3. The van der Waals surface area contributed by atoms with Crippen molar-refractivity contribution >= 4 is 213 Å². The molecule has 27 nitrogen and oxygen atoms in total. The molecule has 722 valence electrons. The number of allylic oxidation sites excluding steroid dienone is 4. The first-order chi connectivity index (χ1) is 57.2. The molecule has 0 bridgehead atoms. The van der Waals surface area contributed by atoms with Gasteiger partial charge in [0.15, 0.2) is 89.7 Å². The zero-order valence-electron chi connectivity index (χ0n) is 80.3. The number of ether oxygens (including phenoxy) is 3. The van der Waals surface area contributed by atoms with Crippen molar-refractivity contribution in [2.45, 2.75) is 347 Å². The molecule has 41 heteroatoms. The number of hydrogen-bond donors (Lipinski definition) is 4. The molecule has 4 unspecified atom stereocenters. The number of carboxylic acids is 2. The van der Waals surface area contributed by atoms with Crippen LogP contribution in [0, 0.1) is 0 Å². The lowest BCUT2D eigenvalue weighted by Gasteiger charge is -2.38. The zero-order valence-corrected chi connectivity index (χ0v) is 93.6. The lowest BCUT2D eigenvalue weighted by molar-refractivity contribution is -0.152. The molecular weight excluding hydrogens is 1850 g/mol. The lowest BCUT2D eigenvalue weighted by Crippen LogP contribution is -2.52. The summed E-state index contributed by atoms with van der Waals surface area (Å²) in [5.41, 5.74) is 0. The number of ketones is 8. The van der Waals surface area contributed by atoms with Crippen LogP contribution in [0.4, 0.5) is 0 Å². The first kappa shape index (κ1) is 128. The molecule has 0 aromatic heterocycles. The van der Waals surface area contributed by atoms with E-state index in [-0.39, 0.29) is 109 Å². The zero-order chi connectivity index (χ0) is 97.5. The summed E-state index contributed by atoms with van der Waals surface area (Å²) < 4.78 is 53.2. The van der Waals surface area contributed by atoms with Gasteiger partial charge in [0, 0.05) is 123 Å². The number of hydrogen-bond acceptors (Lipinski definition) is 29. The molecule has 0 aromatic carbocycles. The molecule has 0 amide bonds. The molecule has 1 aliphatic heterocycles. The van der Waals surface area contributed by atoms with E-state index in [0.717, 1.165) is 59.9 Å². The molecule has 0 aromatic rings. The van der Waals surface area contributed by atoms with Crippen LogP contribution in [-0.2, 0) is 106 Å². The molecule has 1 fully saturated rings. The van der Waals surface area contributed by atoms with Crippen molar-refractivity contribution in [3.63, 3.8) is 0 Å². The van der Waals surface area contributed by atoms with Crippen LogP contribution in [0.3, 0.4) is 0 Å². The van der Waals surface area contributed by atoms with E-state index >= 15 is 0 Å². The Hall–Kier alpha value is -3.41. The van der Waals surface area contributed by atoms with Crippen LogP contribution in [-0.4, -0.2) is 257 Å². The minimum absolute atomic E-state index is 0.0344. The van der Waals surface area contributed by atoms with Gasteiger partial charge in [-0.1, -0.05) is 26.3 Å². The number of carbonyl (C=O) groups is 14. The summed E-state index contributed by atoms with van der Waals surface area (Å²) in [5.74, 6) is 2.57. The van der Waals surface area contributed by atoms with Crippen molar-refractivity contribution < 1.29 is 126 Å². The summed E-state index contributed by atoms with van der Waals surface area (Å²) in [6.45, 7) is 63.4. The number of esters is 4. The molecule has 1 aliphatic rings. The van der Waals surface area contributed by atoms with Crippen LogP contribution in [0.15, 0.2) is 50.6 Å². The first-order valence-corrected chi connectivity index (χ1v) is 78.5. The van der Waals surface area contributed by atoms with Crippen molar-refractivity contribution in [1.82, 2.24) is 0 Å². The molecule has 0 aliphatic carbocycles. The van der Waals surface area contributed by atoms with Gasteiger partial charge >= 0.3 is 52.9 Å². The summed E-state index contributed by atoms with van der Waals surface area (Å²) >= 11 is 6.32. The van der Waals surface area contributed by atoms with Crippen LogP contribution in [0.25, 0.3) is 0 Å². The van der Waals surface area contributed by atoms with Gasteiger partial charge in [0.05, 0.1) is 50.7 Å². The Morgan fingerprint density at radius 2 is 0.520 bits per heavy atom. The molecule has 125 heavy (non-hydrogen) atoms. The fourth-order valence-electron chi connectivity index (χ4n) is 12.2. The fourth-order valence-corrected chi connectivity index (χ4v) is 60.4. The van der Waals surface area contributed by atoms with Crippen molar-refractivity contribution in [2.75, 3.05) is 46.0 Å². The van der Waals surface area contributed by atoms with Gasteiger partial charge in [0.25, 0.3) is 0 Å². The highest BCUT2D eigenvalue weighted by molar-refractivity contribution is 8.00. The highest BCUT2D eigenvalue weighted by Gasteiger charge is 2.42. The van der Waals surface area contributed by atoms with Crippen molar-refractivity contribution in [3.05, 3.63) is 50.6 Å². The third-order valence-electron chi connectivity index (χ3n) is 18.1. The molecule has 0 radical (unpaired) electrons. The van der Waals surface area contributed by atoms with Gasteiger partial charge in [-0.2, -0.15) is 47.0 Å². The Morgan fingerprint density at radius 3 is 0.704 bits per heavy atom. The Kier molecular flexibility index (Phi) is 67.6. The topological polar surface area (TPSA) is 403 Å². The largest absolute Gasteiger partial charge is 0.481 e. The maximum absolute atomic E-state index is 12.4. The average molecular weight is 2010 g/mol. The van der Waals surface area contributed by atoms with Crippen molar-refractivity contribution in [3.8, 4) is 0 Å². The van der Waals surface area contributed by atoms with Gasteiger partial charge in [0.2, 0.25) is 0 Å². The highest BCUT2D eigenvalue weighted by Crippen LogP contribution is 2.31. The van der Waals surface area contributed by atoms with Crippen LogP contribution in [0.1, 0.15) is 143 Å². The Balaban J connectivity index is -0.000000764. The van der Waals surface area contributed by atoms with E-state index in [1.54, 1.807) is 74.7 Å². The van der Waals surface area contributed by atoms with Gasteiger partial charge in [-0.25, -0.2) is 0 Å². The van der Waals surface area contributed by atoms with E-state index in [9.17, 15) is 77.3 Å². The quantitative estimate of drug-likeness (QED) is 0.0110. The van der Waals surface area contributed by atoms with Crippen LogP contribution >= 0.6 is 47.0 Å². The Labute approximate surface area is 777 Å². The number of carboxylic acid groups (broad SMARTS) is 2. The van der Waals surface area contributed by atoms with Gasteiger partial charge in [-0.3, -0.25) is 67.1 Å². The summed E-state index contributed by atoms with van der Waals surface area (Å²) in [7, 11) is -20.6. The second-order valence-corrected chi connectivity index (χ2v) is 84.3. The standard InChI is InChI=1S/C23H44O8SSi3.C21H38O7SSi2.C19H40O5SSi3.C17H34O4SSi2.C4H4O3/c1-9-20(24)13-16-33(3,4)30-35(7,8)31-34(5,6)17-14-21(25)12-15-32-18-19(2)29-23(28)11-10-22(26)27;1-7-18(22)11-14-30(3,4)28-31(5,6)15-12-19(23)10-13-29-16-17(2)27-21(26)9-8-20(24)25;1-9-18(21)11-14-26(3,4)23-28(7,8)24-27(5,6)15-12-19(22)10-13-25-16-17(2)20;1-7-16(19)9-12-23(3,4)21-24(5,6)13-10-17(20)8-11-22-14-15(2)18;5-3-1-2-4(6)7-3/h9,19H,1,10-18H2,2-8H3,(H,26,27);7,17H,1,8-16H2,2-6H3,(H,24,25);9,17,20H,1,10-16H2,2-8H3;7,15,18H,1,8-14H2,2-6H3;1-2H2. The highest BCUT2D eigenvalue weighted by atomic mass is 32.2. The van der Waals surface area contributed by atoms with E-state index in [2.05, 4.69) is 149 Å². The van der Waals surface area contributed by atoms with Crippen LogP contribution < -0.4 is 0 Å². The number of aliphatic hydroxyl groups excluding tert-OH is 2. The smallest absolute Gasteiger partial charge is 0.314 e. The van der Waals surface area contributed by atoms with Crippen LogP contribution in [0.5, 0.6) is 0 Å². The number of aliphatic carboxylic acids is 2. The first-order valence-electron chi connectivity index (χ1n) is 43.3. The predicted octanol–water partition coefficient (Wildman–Crippen LogP) is 18.2. The number of carbonyl (C=O) groups excluding carboxylic acids is 12. The summed E-state index contributed by atoms with van der Waals surface area (Å²) in [6.07, 6.45) is 9.99. The second kappa shape index (κ2) is 66.0. The number of aliphatic hydroxyl groups is 2. The fraction of sp³-hybridized carbons (Fsp3) is 0.738. The Morgan fingerprint density at radius 1 is 0.320 bits per heavy atom. The third-order valence-corrected chi connectivity index (χ3v) is 60.1. The molecule has 4 N–H and O–H groups in total. The number of Topliss-reactive ketones (excluding diaryl/α,β-unsaturated/α-hetero) is 4. The normalized spacial score (nSPS) is 13.7. The number of rotatable bonds is 68. The molecule has 1 heterocycles. The van der Waals surface area contributed by atoms with Gasteiger partial charge in [0.1, 0.15) is 35.3 Å². The van der Waals surface area contributed by atoms with E-state index < -0.39 is 119 Å². The predicted molar refractivity (Wildman–Crippen MR) is 534 cm³/mol. The minimum atomic E-state index is -2.40. The molecule has 4 atom stereocenters. The lowest BCUT2D eigenvalue weighted by atomic mass is 10.2. The summed E-state index contributed by atoms with van der Waals surface area (Å²) in [6, 6.07) is 6.18. The van der Waals surface area contributed by atoms with Gasteiger partial charge < -0.3 is 59.3 Å². The van der Waals surface area contributed by atoms with Gasteiger partial charge in [-0.15, -0.1) is 0 Å². The summed E-state index contributed by atoms with van der Waals surface area (Å²) in [5, 5.41) is 35.6. The second-order valence-electron chi connectivity index (χ2n) is 37.1. The van der Waals surface area contributed by atoms with Crippen molar-refractivity contribution in [1.29, 1.82) is 0 Å². The monoisotopic (exact) mass is 2010 g/mol. The maximum atomic E-state index is 12.4. The number of thioether (sulfide) groups is 4. The molecule has 0 spiro atoms. The van der Waals surface area contributed by atoms with E-state index in [4.69, 9.17) is 44.4 Å². The number of cyclic esters (lactones) is 2. The van der Waals surface area contributed by atoms with E-state index in [1.165, 1.54) is 24.3 Å².